The lowest BCUT2D eigenvalue weighted by Crippen LogP contribution is -2.62. The molecule has 0 bridgehead atoms. The summed E-state index contributed by atoms with van der Waals surface area (Å²) < 4.78 is 5.16. The van der Waals surface area contributed by atoms with Crippen LogP contribution in [0.15, 0.2) is 34.7 Å². The van der Waals surface area contributed by atoms with Gasteiger partial charge in [-0.2, -0.15) is 0 Å². The molecular weight excluding hydrogens is 416 g/mol. The highest BCUT2D eigenvalue weighted by Gasteiger charge is 2.42. The van der Waals surface area contributed by atoms with E-state index in [1.807, 2.05) is 19.9 Å². The van der Waals surface area contributed by atoms with Crippen LogP contribution in [0.1, 0.15) is 73.4 Å². The van der Waals surface area contributed by atoms with Crippen molar-refractivity contribution in [2.75, 3.05) is 0 Å². The number of nitrogens with zero attached hydrogens (tertiary/aromatic N) is 1. The van der Waals surface area contributed by atoms with Gasteiger partial charge in [-0.15, -0.1) is 5.10 Å². The lowest BCUT2D eigenvalue weighted by atomic mass is 9.80. The van der Waals surface area contributed by atoms with Crippen LogP contribution in [0, 0.1) is 10.8 Å². The van der Waals surface area contributed by atoms with E-state index in [1.54, 1.807) is 24.3 Å². The molecule has 166 valence electrons. The summed E-state index contributed by atoms with van der Waals surface area (Å²) in [6, 6.07) is 7.97. The summed E-state index contributed by atoms with van der Waals surface area (Å²) in [5, 5.41) is 12.1. The van der Waals surface area contributed by atoms with Crippen LogP contribution >= 0.6 is 12.2 Å². The zero-order chi connectivity index (χ0) is 22.4. The van der Waals surface area contributed by atoms with E-state index in [2.05, 4.69) is 20.8 Å². The Hall–Kier alpha value is -2.81. The maximum atomic E-state index is 13.5. The van der Waals surface area contributed by atoms with Gasteiger partial charge in [-0.3, -0.25) is 14.4 Å². The van der Waals surface area contributed by atoms with Gasteiger partial charge in [-0.1, -0.05) is 51.3 Å². The minimum Gasteiger partial charge on any atom is -0.406 e. The molecule has 1 heterocycles. The van der Waals surface area contributed by atoms with Crippen molar-refractivity contribution >= 4 is 29.8 Å². The number of aromatic amines is 1. The molecule has 1 unspecified atom stereocenters. The molecule has 1 aromatic carbocycles. The Morgan fingerprint density at radius 3 is 2.42 bits per heavy atom. The number of amides is 2. The van der Waals surface area contributed by atoms with Crippen LogP contribution in [0.2, 0.25) is 0 Å². The summed E-state index contributed by atoms with van der Waals surface area (Å²) in [7, 11) is 0. The normalized spacial score (nSPS) is 16.5. The second-order valence-corrected chi connectivity index (χ2v) is 8.77. The Labute approximate surface area is 186 Å². The van der Waals surface area contributed by atoms with Crippen molar-refractivity contribution in [3.05, 3.63) is 46.6 Å². The lowest BCUT2D eigenvalue weighted by molar-refractivity contribution is -0.129. The summed E-state index contributed by atoms with van der Waals surface area (Å²) in [5.74, 6) is -1.14. The molecule has 1 aliphatic rings. The topological polar surface area (TPSA) is 117 Å². The van der Waals surface area contributed by atoms with E-state index in [9.17, 15) is 14.4 Å². The number of aromatic nitrogens is 2. The van der Waals surface area contributed by atoms with E-state index in [0.29, 0.717) is 24.8 Å². The Balaban J connectivity index is 1.82. The van der Waals surface area contributed by atoms with Gasteiger partial charge >= 0.3 is 0 Å². The smallest absolute Gasteiger partial charge is 0.284 e. The van der Waals surface area contributed by atoms with Crippen LogP contribution in [-0.2, 0) is 4.79 Å². The summed E-state index contributed by atoms with van der Waals surface area (Å²) in [5.41, 5.74) is -0.574. The zero-order valence-corrected chi connectivity index (χ0v) is 18.6. The molecule has 3 N–H and O–H groups in total. The van der Waals surface area contributed by atoms with E-state index in [4.69, 9.17) is 16.6 Å². The molecule has 0 saturated heterocycles. The van der Waals surface area contributed by atoms with Crippen LogP contribution in [0.25, 0.3) is 0 Å². The fraction of sp³-hybridized carbons (Fsp3) is 0.500. The van der Waals surface area contributed by atoms with Crippen molar-refractivity contribution in [3.63, 3.8) is 0 Å². The molecule has 1 saturated carbocycles. The fourth-order valence-electron chi connectivity index (χ4n) is 3.93. The van der Waals surface area contributed by atoms with Gasteiger partial charge in [0.15, 0.2) is 0 Å². The van der Waals surface area contributed by atoms with Gasteiger partial charge in [0.2, 0.25) is 11.7 Å². The number of ketones is 1. The number of H-pyrrole nitrogens is 1. The Morgan fingerprint density at radius 1 is 1.16 bits per heavy atom. The molecule has 1 atom stereocenters. The highest BCUT2D eigenvalue weighted by molar-refractivity contribution is 7.71. The van der Waals surface area contributed by atoms with Crippen LogP contribution in [0.5, 0.6) is 0 Å². The Bertz CT molecular complexity index is 977. The Morgan fingerprint density at radius 2 is 1.84 bits per heavy atom. The summed E-state index contributed by atoms with van der Waals surface area (Å²) in [4.78, 5) is 39.2. The molecule has 0 aliphatic heterocycles. The largest absolute Gasteiger partial charge is 0.406 e. The first-order chi connectivity index (χ1) is 14.8. The molecule has 0 radical (unpaired) electrons. The number of hydrogen-bond donors (Lipinski definition) is 3. The third kappa shape index (κ3) is 5.66. The fourth-order valence-corrected chi connectivity index (χ4v) is 4.05. The number of Topliss-reactive ketones (excluding diaryl/α,β-unsaturated/α-hetero) is 1. The molecule has 31 heavy (non-hydrogen) atoms. The number of rotatable bonds is 8. The number of carbonyl (C=O) groups is 3. The first kappa shape index (κ1) is 22.9. The average molecular weight is 445 g/mol. The summed E-state index contributed by atoms with van der Waals surface area (Å²) in [6.07, 6.45) is 4.07. The quantitative estimate of drug-likeness (QED) is 0.423. The minimum absolute atomic E-state index is 0.00292. The van der Waals surface area contributed by atoms with Gasteiger partial charge < -0.3 is 15.1 Å². The van der Waals surface area contributed by atoms with Gasteiger partial charge in [-0.05, 0) is 49.5 Å². The van der Waals surface area contributed by atoms with Crippen molar-refractivity contribution in [2.24, 2.45) is 5.92 Å². The molecule has 8 nitrogen and oxygen atoms in total. The van der Waals surface area contributed by atoms with Gasteiger partial charge in [0.25, 0.3) is 16.6 Å². The molecule has 0 spiro atoms. The maximum Gasteiger partial charge on any atom is 0.284 e. The predicted molar refractivity (Wildman–Crippen MR) is 117 cm³/mol. The molecule has 9 heteroatoms. The maximum absolute atomic E-state index is 13.5. The van der Waals surface area contributed by atoms with Crippen molar-refractivity contribution in [1.82, 2.24) is 20.8 Å². The molecule has 1 aromatic heterocycles. The van der Waals surface area contributed by atoms with Crippen LogP contribution < -0.4 is 10.6 Å². The standard InChI is InChI=1S/C22H28N4O4S/c1-14(2)13-16(17(27)19-25-26-21(31)30-19)23-20(29)22(11-7-4-8-12-22)24-18(28)15-9-5-3-6-10-15/h3,5-6,9-10,14,16H,4,7-8,11-13H2,1-2H3,(H,23,29)(H,24,28)(H,26,31). The third-order valence-electron chi connectivity index (χ3n) is 5.51. The number of hydrogen-bond acceptors (Lipinski definition) is 6. The van der Waals surface area contributed by atoms with E-state index < -0.39 is 17.4 Å². The Kier molecular flexibility index (Phi) is 7.37. The zero-order valence-electron chi connectivity index (χ0n) is 17.8. The second kappa shape index (κ2) is 10.00. The highest BCUT2D eigenvalue weighted by Crippen LogP contribution is 2.29. The minimum atomic E-state index is -1.06. The molecular formula is C22H28N4O4S. The average Bonchev–Trinajstić information content (AvgIpc) is 3.20. The molecule has 3 rings (SSSR count). The molecule has 2 aromatic rings. The van der Waals surface area contributed by atoms with Crippen molar-refractivity contribution in [1.29, 1.82) is 0 Å². The van der Waals surface area contributed by atoms with Crippen molar-refractivity contribution in [2.45, 2.75) is 64.0 Å². The third-order valence-corrected chi connectivity index (χ3v) is 5.68. The van der Waals surface area contributed by atoms with Gasteiger partial charge in [0.1, 0.15) is 5.54 Å². The summed E-state index contributed by atoms with van der Waals surface area (Å²) in [6.45, 7) is 3.92. The monoisotopic (exact) mass is 444 g/mol. The van der Waals surface area contributed by atoms with Gasteiger partial charge in [0.05, 0.1) is 6.04 Å². The lowest BCUT2D eigenvalue weighted by Gasteiger charge is -2.37. The molecule has 1 aliphatic carbocycles. The van der Waals surface area contributed by atoms with Crippen LogP contribution in [0.3, 0.4) is 0 Å². The SMILES string of the molecule is CC(C)CC(NC(=O)C1(NC(=O)c2ccccc2)CCCCC1)C(=O)c1n[nH]c(=S)o1. The highest BCUT2D eigenvalue weighted by atomic mass is 32.1. The van der Waals surface area contributed by atoms with Crippen molar-refractivity contribution < 1.29 is 18.8 Å². The van der Waals surface area contributed by atoms with E-state index in [-0.39, 0.29) is 28.5 Å². The molecule has 2 amide bonds. The molecule has 1 fully saturated rings. The first-order valence-electron chi connectivity index (χ1n) is 10.6. The van der Waals surface area contributed by atoms with E-state index >= 15 is 0 Å². The van der Waals surface area contributed by atoms with Gasteiger partial charge in [0, 0.05) is 5.56 Å². The number of nitrogens with one attached hydrogen (secondary N) is 3. The van der Waals surface area contributed by atoms with E-state index in [0.717, 1.165) is 19.3 Å². The van der Waals surface area contributed by atoms with Crippen LogP contribution in [-0.4, -0.2) is 39.4 Å². The van der Waals surface area contributed by atoms with Crippen molar-refractivity contribution in [3.8, 4) is 0 Å². The summed E-state index contributed by atoms with van der Waals surface area (Å²) >= 11 is 4.86. The predicted octanol–water partition coefficient (Wildman–Crippen LogP) is 3.58. The van der Waals surface area contributed by atoms with Crippen LogP contribution in [0.4, 0.5) is 0 Å². The second-order valence-electron chi connectivity index (χ2n) is 8.40. The number of carbonyl (C=O) groups excluding carboxylic acids is 3. The first-order valence-corrected chi connectivity index (χ1v) is 11.0. The van der Waals surface area contributed by atoms with Gasteiger partial charge in [-0.25, -0.2) is 5.10 Å². The van der Waals surface area contributed by atoms with E-state index in [1.165, 1.54) is 0 Å². The number of benzene rings is 1.